The lowest BCUT2D eigenvalue weighted by molar-refractivity contribution is -0.154. The SMILES string of the molecule is C=C(C)C(=O)OC(=O)C(C)=COCCOCCOCCOCCO. The predicted molar refractivity (Wildman–Crippen MR) is 85.2 cm³/mol. The second kappa shape index (κ2) is 14.8. The Bertz CT molecular complexity index is 416. The molecule has 0 amide bonds. The number of ether oxygens (including phenoxy) is 5. The Kier molecular flexibility index (Phi) is 13.8. The van der Waals surface area contributed by atoms with Gasteiger partial charge in [0.25, 0.3) is 0 Å². The minimum Gasteiger partial charge on any atom is -0.498 e. The summed E-state index contributed by atoms with van der Waals surface area (Å²) in [6.45, 7) is 8.88. The zero-order chi connectivity index (χ0) is 18.2. The van der Waals surface area contributed by atoms with E-state index in [0.29, 0.717) is 39.6 Å². The first kappa shape index (κ1) is 22.3. The molecule has 0 aliphatic carbocycles. The Morgan fingerprint density at radius 2 is 1.38 bits per heavy atom. The van der Waals surface area contributed by atoms with Crippen molar-refractivity contribution < 1.29 is 38.4 Å². The highest BCUT2D eigenvalue weighted by molar-refractivity contribution is 6.00. The standard InChI is InChI=1S/C16H26O8/c1-13(2)15(18)24-16(19)14(3)12-23-11-10-22-9-8-21-7-6-20-5-4-17/h12,17H,1,4-11H2,2-3H3. The monoisotopic (exact) mass is 346 g/mol. The Labute approximate surface area is 142 Å². The number of carbonyl (C=O) groups is 2. The lowest BCUT2D eigenvalue weighted by Gasteiger charge is -2.07. The van der Waals surface area contributed by atoms with Crippen LogP contribution in [0.5, 0.6) is 0 Å². The van der Waals surface area contributed by atoms with Crippen LogP contribution in [-0.2, 0) is 33.3 Å². The van der Waals surface area contributed by atoms with E-state index in [-0.39, 0.29) is 24.4 Å². The summed E-state index contributed by atoms with van der Waals surface area (Å²) in [5.41, 5.74) is 0.309. The highest BCUT2D eigenvalue weighted by atomic mass is 16.6. The van der Waals surface area contributed by atoms with Gasteiger partial charge in [-0.25, -0.2) is 9.59 Å². The van der Waals surface area contributed by atoms with Gasteiger partial charge in [-0.1, -0.05) is 6.58 Å². The van der Waals surface area contributed by atoms with Crippen molar-refractivity contribution in [3.63, 3.8) is 0 Å². The van der Waals surface area contributed by atoms with Gasteiger partial charge in [-0.15, -0.1) is 0 Å². The van der Waals surface area contributed by atoms with Crippen molar-refractivity contribution in [2.45, 2.75) is 13.8 Å². The Morgan fingerprint density at radius 1 is 0.875 bits per heavy atom. The van der Waals surface area contributed by atoms with Crippen LogP contribution in [0.3, 0.4) is 0 Å². The van der Waals surface area contributed by atoms with Crippen LogP contribution < -0.4 is 0 Å². The van der Waals surface area contributed by atoms with Gasteiger partial charge >= 0.3 is 11.9 Å². The fourth-order valence-corrected chi connectivity index (χ4v) is 1.20. The minimum absolute atomic E-state index is 0.00103. The maximum absolute atomic E-state index is 11.5. The molecule has 0 aromatic heterocycles. The van der Waals surface area contributed by atoms with Crippen molar-refractivity contribution >= 4 is 11.9 Å². The highest BCUT2D eigenvalue weighted by Crippen LogP contribution is 2.01. The van der Waals surface area contributed by atoms with E-state index in [1.165, 1.54) is 20.1 Å². The number of esters is 2. The van der Waals surface area contributed by atoms with E-state index in [1.54, 1.807) is 0 Å². The molecular formula is C16H26O8. The van der Waals surface area contributed by atoms with Crippen LogP contribution in [0.15, 0.2) is 24.0 Å². The zero-order valence-corrected chi connectivity index (χ0v) is 14.2. The maximum atomic E-state index is 11.5. The third-order valence-corrected chi connectivity index (χ3v) is 2.44. The largest absolute Gasteiger partial charge is 0.498 e. The van der Waals surface area contributed by atoms with Gasteiger partial charge in [-0.2, -0.15) is 0 Å². The molecule has 0 unspecified atom stereocenters. The Hall–Kier alpha value is -1.74. The molecule has 138 valence electrons. The summed E-state index contributed by atoms with van der Waals surface area (Å²) >= 11 is 0. The van der Waals surface area contributed by atoms with Crippen molar-refractivity contribution in [2.24, 2.45) is 0 Å². The van der Waals surface area contributed by atoms with E-state index in [2.05, 4.69) is 11.3 Å². The van der Waals surface area contributed by atoms with Crippen LogP contribution in [0.1, 0.15) is 13.8 Å². The molecule has 0 aromatic rings. The molecule has 0 fully saturated rings. The van der Waals surface area contributed by atoms with Crippen LogP contribution in [0.4, 0.5) is 0 Å². The van der Waals surface area contributed by atoms with Crippen molar-refractivity contribution in [1.29, 1.82) is 0 Å². The molecule has 0 spiro atoms. The molecule has 0 aliphatic rings. The van der Waals surface area contributed by atoms with Crippen molar-refractivity contribution in [1.82, 2.24) is 0 Å². The molecule has 0 atom stereocenters. The Balaban J connectivity index is 3.55. The molecule has 0 saturated carbocycles. The number of aliphatic hydroxyl groups excluding tert-OH is 1. The first-order chi connectivity index (χ1) is 11.5. The van der Waals surface area contributed by atoms with Gasteiger partial charge in [0.2, 0.25) is 0 Å². The minimum atomic E-state index is -0.777. The lowest BCUT2D eigenvalue weighted by atomic mass is 10.3. The molecule has 0 rings (SSSR count). The van der Waals surface area contributed by atoms with Crippen LogP contribution in [0.2, 0.25) is 0 Å². The summed E-state index contributed by atoms with van der Waals surface area (Å²) in [5.74, 6) is -1.54. The van der Waals surface area contributed by atoms with E-state index in [1.807, 2.05) is 0 Å². The molecule has 24 heavy (non-hydrogen) atoms. The van der Waals surface area contributed by atoms with Crippen LogP contribution in [0, 0.1) is 0 Å². The summed E-state index contributed by atoms with van der Waals surface area (Å²) in [6.07, 6.45) is 1.21. The van der Waals surface area contributed by atoms with Crippen molar-refractivity contribution in [3.05, 3.63) is 24.0 Å². The summed E-state index contributed by atoms with van der Waals surface area (Å²) < 4.78 is 25.2. The van der Waals surface area contributed by atoms with Crippen molar-refractivity contribution in [3.8, 4) is 0 Å². The van der Waals surface area contributed by atoms with Gasteiger partial charge in [0, 0.05) is 5.57 Å². The van der Waals surface area contributed by atoms with E-state index in [0.717, 1.165) is 0 Å². The normalized spacial score (nSPS) is 11.2. The van der Waals surface area contributed by atoms with Crippen LogP contribution >= 0.6 is 0 Å². The van der Waals surface area contributed by atoms with E-state index >= 15 is 0 Å². The van der Waals surface area contributed by atoms with E-state index < -0.39 is 11.9 Å². The number of hydrogen-bond acceptors (Lipinski definition) is 8. The first-order valence-electron chi connectivity index (χ1n) is 7.53. The number of aliphatic hydroxyl groups is 1. The van der Waals surface area contributed by atoms with Crippen molar-refractivity contribution in [2.75, 3.05) is 52.9 Å². The van der Waals surface area contributed by atoms with Gasteiger partial charge < -0.3 is 28.8 Å². The molecule has 0 aromatic carbocycles. The van der Waals surface area contributed by atoms with Gasteiger partial charge in [-0.05, 0) is 13.8 Å². The third-order valence-electron chi connectivity index (χ3n) is 2.44. The van der Waals surface area contributed by atoms with Crippen LogP contribution in [0.25, 0.3) is 0 Å². The van der Waals surface area contributed by atoms with Gasteiger partial charge in [-0.3, -0.25) is 0 Å². The molecule has 8 heteroatoms. The fourth-order valence-electron chi connectivity index (χ4n) is 1.20. The lowest BCUT2D eigenvalue weighted by Crippen LogP contribution is -2.14. The highest BCUT2D eigenvalue weighted by Gasteiger charge is 2.12. The van der Waals surface area contributed by atoms with Gasteiger partial charge in [0.1, 0.15) is 6.61 Å². The quantitative estimate of drug-likeness (QED) is 0.160. The molecule has 0 radical (unpaired) electrons. The Morgan fingerprint density at radius 3 is 1.88 bits per heavy atom. The second-order valence-electron chi connectivity index (χ2n) is 4.69. The van der Waals surface area contributed by atoms with E-state index in [4.69, 9.17) is 24.1 Å². The topological polar surface area (TPSA) is 101 Å². The first-order valence-corrected chi connectivity index (χ1v) is 7.53. The average Bonchev–Trinajstić information content (AvgIpc) is 2.55. The molecule has 1 N–H and O–H groups in total. The molecule has 0 saturated heterocycles. The molecule has 8 nitrogen and oxygen atoms in total. The van der Waals surface area contributed by atoms with Crippen LogP contribution in [-0.4, -0.2) is 69.9 Å². The van der Waals surface area contributed by atoms with Gasteiger partial charge in [0.05, 0.1) is 58.1 Å². The molecular weight excluding hydrogens is 320 g/mol. The second-order valence-corrected chi connectivity index (χ2v) is 4.69. The zero-order valence-electron chi connectivity index (χ0n) is 14.2. The number of hydrogen-bond donors (Lipinski definition) is 1. The average molecular weight is 346 g/mol. The summed E-state index contributed by atoms with van der Waals surface area (Å²) in [6, 6.07) is 0. The smallest absolute Gasteiger partial charge is 0.344 e. The summed E-state index contributed by atoms with van der Waals surface area (Å²) in [4.78, 5) is 22.7. The van der Waals surface area contributed by atoms with E-state index in [9.17, 15) is 9.59 Å². The molecule has 0 heterocycles. The number of carbonyl (C=O) groups excluding carboxylic acids is 2. The molecule has 0 bridgehead atoms. The summed E-state index contributed by atoms with van der Waals surface area (Å²) in [5, 5.41) is 8.49. The molecule has 0 aliphatic heterocycles. The summed E-state index contributed by atoms with van der Waals surface area (Å²) in [7, 11) is 0. The third kappa shape index (κ3) is 12.8. The maximum Gasteiger partial charge on any atom is 0.344 e. The fraction of sp³-hybridized carbons (Fsp3) is 0.625. The number of rotatable bonds is 14. The van der Waals surface area contributed by atoms with Gasteiger partial charge in [0.15, 0.2) is 0 Å². The predicted octanol–water partition coefficient (Wildman–Crippen LogP) is 0.595.